The maximum atomic E-state index is 4.67. The predicted molar refractivity (Wildman–Crippen MR) is 105 cm³/mol. The quantitative estimate of drug-likeness (QED) is 0.673. The summed E-state index contributed by atoms with van der Waals surface area (Å²) in [6, 6.07) is 6.05. The largest absolute Gasteiger partial charge is 0.340 e. The van der Waals surface area contributed by atoms with Crippen LogP contribution in [0.3, 0.4) is 0 Å². The number of hydrogen-bond acceptors (Lipinski definition) is 6. The zero-order chi connectivity index (χ0) is 17.9. The van der Waals surface area contributed by atoms with Gasteiger partial charge in [0, 0.05) is 35.1 Å². The van der Waals surface area contributed by atoms with E-state index in [1.807, 2.05) is 37.5 Å². The van der Waals surface area contributed by atoms with Crippen molar-refractivity contribution in [1.82, 2.24) is 25.5 Å². The van der Waals surface area contributed by atoms with E-state index in [4.69, 9.17) is 0 Å². The Morgan fingerprint density at radius 2 is 2.19 bits per heavy atom. The Balaban J connectivity index is 1.57. The summed E-state index contributed by atoms with van der Waals surface area (Å²) >= 11 is 0. The van der Waals surface area contributed by atoms with Gasteiger partial charge < -0.3 is 10.6 Å². The Labute approximate surface area is 152 Å². The Morgan fingerprint density at radius 1 is 1.27 bits per heavy atom. The molecule has 3 N–H and O–H groups in total. The van der Waals surface area contributed by atoms with Gasteiger partial charge in [0.2, 0.25) is 0 Å². The maximum Gasteiger partial charge on any atom is 0.251 e. The van der Waals surface area contributed by atoms with Gasteiger partial charge in [0.1, 0.15) is 5.82 Å². The number of benzene rings is 1. The molecule has 7 heteroatoms. The van der Waals surface area contributed by atoms with Crippen LogP contribution in [0.1, 0.15) is 25.3 Å². The molecule has 1 aromatic carbocycles. The predicted octanol–water partition coefficient (Wildman–Crippen LogP) is 3.50. The highest BCUT2D eigenvalue weighted by Crippen LogP contribution is 2.23. The van der Waals surface area contributed by atoms with Gasteiger partial charge in [0.15, 0.2) is 0 Å². The van der Waals surface area contributed by atoms with E-state index in [9.17, 15) is 0 Å². The molecule has 3 aromatic rings. The van der Waals surface area contributed by atoms with E-state index in [0.29, 0.717) is 11.9 Å². The summed E-state index contributed by atoms with van der Waals surface area (Å²) in [6.45, 7) is 6.10. The number of aliphatic imine (C=N–C) groups is 1. The van der Waals surface area contributed by atoms with Gasteiger partial charge in [-0.1, -0.05) is 6.92 Å². The molecule has 0 spiro atoms. The van der Waals surface area contributed by atoms with Crippen molar-refractivity contribution >= 4 is 34.1 Å². The molecule has 7 nitrogen and oxygen atoms in total. The van der Waals surface area contributed by atoms with Gasteiger partial charge in [-0.2, -0.15) is 10.1 Å². The number of nitrogens with one attached hydrogen (secondary N) is 3. The second kappa shape index (κ2) is 7.21. The smallest absolute Gasteiger partial charge is 0.251 e. The molecular formula is C19H23N7. The van der Waals surface area contributed by atoms with Gasteiger partial charge in [-0.25, -0.2) is 9.98 Å². The van der Waals surface area contributed by atoms with Gasteiger partial charge >= 0.3 is 0 Å². The highest BCUT2D eigenvalue weighted by Gasteiger charge is 2.12. The summed E-state index contributed by atoms with van der Waals surface area (Å²) in [6.07, 6.45) is 5.77. The molecule has 3 heterocycles. The monoisotopic (exact) mass is 349 g/mol. The number of H-pyrrole nitrogens is 1. The van der Waals surface area contributed by atoms with E-state index >= 15 is 0 Å². The topological polar surface area (TPSA) is 90.9 Å². The molecule has 1 saturated heterocycles. The van der Waals surface area contributed by atoms with Gasteiger partial charge in [0.25, 0.3) is 5.95 Å². The zero-order valence-corrected chi connectivity index (χ0v) is 15.1. The van der Waals surface area contributed by atoms with Crippen molar-refractivity contribution in [1.29, 1.82) is 0 Å². The SMILES string of the molecule is Cc1cnc(N=C2CCC(C)CNC2)nc1Nc1ccc2[nH]ncc2c1. The summed E-state index contributed by atoms with van der Waals surface area (Å²) in [5.74, 6) is 1.96. The highest BCUT2D eigenvalue weighted by molar-refractivity contribution is 5.88. The van der Waals surface area contributed by atoms with Crippen molar-refractivity contribution in [3.8, 4) is 0 Å². The van der Waals surface area contributed by atoms with Gasteiger partial charge in [-0.15, -0.1) is 0 Å². The fourth-order valence-corrected chi connectivity index (χ4v) is 3.07. The third kappa shape index (κ3) is 3.72. The van der Waals surface area contributed by atoms with Crippen LogP contribution in [0.2, 0.25) is 0 Å². The van der Waals surface area contributed by atoms with E-state index < -0.39 is 0 Å². The molecule has 0 saturated carbocycles. The highest BCUT2D eigenvalue weighted by atomic mass is 15.1. The molecule has 0 bridgehead atoms. The summed E-state index contributed by atoms with van der Waals surface area (Å²) < 4.78 is 0. The lowest BCUT2D eigenvalue weighted by atomic mass is 10.1. The number of hydrogen-bond donors (Lipinski definition) is 3. The minimum Gasteiger partial charge on any atom is -0.340 e. The summed E-state index contributed by atoms with van der Waals surface area (Å²) in [5, 5.41) is 14.9. The molecule has 1 atom stereocenters. The Kier molecular flexibility index (Phi) is 4.62. The van der Waals surface area contributed by atoms with Crippen molar-refractivity contribution < 1.29 is 0 Å². The molecule has 26 heavy (non-hydrogen) atoms. The van der Waals surface area contributed by atoms with E-state index in [1.54, 1.807) is 0 Å². The summed E-state index contributed by atoms with van der Waals surface area (Å²) in [4.78, 5) is 13.7. The third-order valence-corrected chi connectivity index (χ3v) is 4.67. The fourth-order valence-electron chi connectivity index (χ4n) is 3.07. The lowest BCUT2D eigenvalue weighted by Gasteiger charge is -2.09. The molecule has 1 aliphatic rings. The second-order valence-corrected chi connectivity index (χ2v) is 6.95. The Bertz CT molecular complexity index is 944. The lowest BCUT2D eigenvalue weighted by molar-refractivity contribution is 0.527. The van der Waals surface area contributed by atoms with Crippen molar-refractivity contribution in [2.24, 2.45) is 10.9 Å². The number of aromatic amines is 1. The fraction of sp³-hybridized carbons (Fsp3) is 0.368. The van der Waals surface area contributed by atoms with E-state index in [0.717, 1.165) is 59.6 Å². The maximum absolute atomic E-state index is 4.67. The van der Waals surface area contributed by atoms with Crippen molar-refractivity contribution in [3.63, 3.8) is 0 Å². The summed E-state index contributed by atoms with van der Waals surface area (Å²) in [7, 11) is 0. The number of nitrogens with zero attached hydrogens (tertiary/aromatic N) is 4. The molecule has 0 amide bonds. The summed E-state index contributed by atoms with van der Waals surface area (Å²) in [5.41, 5.74) is 4.07. The van der Waals surface area contributed by atoms with Crippen LogP contribution >= 0.6 is 0 Å². The minimum atomic E-state index is 0.508. The van der Waals surface area contributed by atoms with Crippen LogP contribution in [0.4, 0.5) is 17.5 Å². The Morgan fingerprint density at radius 3 is 3.12 bits per heavy atom. The van der Waals surface area contributed by atoms with Crippen LogP contribution in [0.15, 0.2) is 35.6 Å². The van der Waals surface area contributed by atoms with Gasteiger partial charge in [-0.3, -0.25) is 5.10 Å². The van der Waals surface area contributed by atoms with Crippen molar-refractivity contribution in [2.75, 3.05) is 18.4 Å². The lowest BCUT2D eigenvalue weighted by Crippen LogP contribution is -2.22. The van der Waals surface area contributed by atoms with Crippen LogP contribution in [0, 0.1) is 12.8 Å². The number of aromatic nitrogens is 4. The normalized spacial score (nSPS) is 19.6. The molecule has 1 unspecified atom stereocenters. The van der Waals surface area contributed by atoms with Crippen LogP contribution in [0.25, 0.3) is 10.9 Å². The molecule has 4 rings (SSSR count). The molecule has 0 aliphatic carbocycles. The standard InChI is InChI=1S/C19H23N7/c1-12-3-4-16(11-20-8-12)24-19-21-9-13(2)18(25-19)23-15-5-6-17-14(7-15)10-22-26-17/h5-7,9-10,12,20H,3-4,8,11H2,1-2H3,(H,22,26)(H,21,23,25). The van der Waals surface area contributed by atoms with Gasteiger partial charge in [0.05, 0.1) is 11.7 Å². The molecule has 1 fully saturated rings. The number of aryl methyl sites for hydroxylation is 1. The zero-order valence-electron chi connectivity index (χ0n) is 15.1. The van der Waals surface area contributed by atoms with Crippen molar-refractivity contribution in [3.05, 3.63) is 36.2 Å². The molecule has 0 radical (unpaired) electrons. The first-order chi connectivity index (χ1) is 12.7. The number of anilines is 2. The van der Waals surface area contributed by atoms with Crippen molar-refractivity contribution in [2.45, 2.75) is 26.7 Å². The van der Waals surface area contributed by atoms with E-state index in [2.05, 4.69) is 42.7 Å². The Hall–Kier alpha value is -2.80. The number of fused-ring (bicyclic) bond motifs is 1. The van der Waals surface area contributed by atoms with Crippen LogP contribution < -0.4 is 10.6 Å². The van der Waals surface area contributed by atoms with E-state index in [-0.39, 0.29) is 0 Å². The second-order valence-electron chi connectivity index (χ2n) is 6.95. The molecule has 2 aromatic heterocycles. The number of rotatable bonds is 3. The average Bonchev–Trinajstić information content (AvgIpc) is 3.00. The molecular weight excluding hydrogens is 326 g/mol. The van der Waals surface area contributed by atoms with E-state index in [1.165, 1.54) is 0 Å². The van der Waals surface area contributed by atoms with Crippen LogP contribution in [-0.4, -0.2) is 39.0 Å². The van der Waals surface area contributed by atoms with Crippen LogP contribution in [-0.2, 0) is 0 Å². The molecule has 1 aliphatic heterocycles. The average molecular weight is 349 g/mol. The van der Waals surface area contributed by atoms with Crippen LogP contribution in [0.5, 0.6) is 0 Å². The minimum absolute atomic E-state index is 0.508. The van der Waals surface area contributed by atoms with Gasteiger partial charge in [-0.05, 0) is 50.4 Å². The first-order valence-corrected chi connectivity index (χ1v) is 8.98. The third-order valence-electron chi connectivity index (χ3n) is 4.67. The first-order valence-electron chi connectivity index (χ1n) is 8.98. The first kappa shape index (κ1) is 16.7. The molecule has 134 valence electrons.